The lowest BCUT2D eigenvalue weighted by molar-refractivity contribution is -0.142. The third-order valence-electron chi connectivity index (χ3n) is 8.63. The minimum absolute atomic E-state index is 0.0516. The number of benzene rings is 2. The molecule has 3 heterocycles. The van der Waals surface area contributed by atoms with Crippen molar-refractivity contribution in [2.24, 2.45) is 11.8 Å². The highest BCUT2D eigenvalue weighted by atomic mass is 19.1. The number of hydrogen-bond acceptors (Lipinski definition) is 4. The number of aryl methyl sites for hydroxylation is 2. The van der Waals surface area contributed by atoms with Crippen molar-refractivity contribution in [2.45, 2.75) is 76.3 Å². The number of halogens is 1. The number of likely N-dealkylation sites (tertiary alicyclic amines) is 1. The molecule has 0 unspecified atom stereocenters. The van der Waals surface area contributed by atoms with Crippen LogP contribution in [0.25, 0.3) is 0 Å². The van der Waals surface area contributed by atoms with Gasteiger partial charge < -0.3 is 20.3 Å². The van der Waals surface area contributed by atoms with Crippen LogP contribution in [0.1, 0.15) is 48.8 Å². The zero-order valence-corrected chi connectivity index (χ0v) is 22.3. The Labute approximate surface area is 227 Å². The van der Waals surface area contributed by atoms with Gasteiger partial charge in [-0.1, -0.05) is 49.6 Å². The monoisotopic (exact) mass is 531 g/mol. The number of fused-ring (bicyclic) bond motifs is 1. The van der Waals surface area contributed by atoms with Crippen LogP contribution in [0.3, 0.4) is 0 Å². The molecule has 3 aliphatic heterocycles. The van der Waals surface area contributed by atoms with Crippen molar-refractivity contribution in [3.05, 3.63) is 77.1 Å². The molecule has 2 N–H and O–H groups in total. The summed E-state index contributed by atoms with van der Waals surface area (Å²) in [5.41, 5.74) is 2.18. The van der Waals surface area contributed by atoms with E-state index in [1.165, 1.54) is 17.0 Å². The molecule has 1 spiro atoms. The maximum Gasteiger partial charge on any atom is 0.246 e. The molecule has 2 aromatic rings. The quantitative estimate of drug-likeness (QED) is 0.548. The molecule has 1 saturated carbocycles. The number of rotatable bonds is 6. The Morgan fingerprint density at radius 3 is 2.41 bits per heavy atom. The van der Waals surface area contributed by atoms with E-state index in [9.17, 15) is 18.8 Å². The van der Waals surface area contributed by atoms with E-state index in [2.05, 4.69) is 10.6 Å². The number of nitrogens with one attached hydrogen (secondary N) is 2. The Kier molecular flexibility index (Phi) is 6.53. The van der Waals surface area contributed by atoms with Crippen molar-refractivity contribution in [1.82, 2.24) is 10.2 Å². The van der Waals surface area contributed by atoms with Crippen molar-refractivity contribution >= 4 is 23.4 Å². The van der Waals surface area contributed by atoms with Gasteiger partial charge in [0.2, 0.25) is 17.7 Å². The molecule has 2 bridgehead atoms. The number of carbonyl (C=O) groups excluding carboxylic acids is 3. The third kappa shape index (κ3) is 4.54. The van der Waals surface area contributed by atoms with Gasteiger partial charge in [0, 0.05) is 18.3 Å². The lowest BCUT2D eigenvalue weighted by Gasteiger charge is -2.34. The molecule has 7 nitrogen and oxygen atoms in total. The smallest absolute Gasteiger partial charge is 0.246 e. The number of nitrogens with zero attached hydrogens (tertiary/aromatic N) is 1. The fourth-order valence-corrected chi connectivity index (χ4v) is 7.02. The number of hydrogen-bond donors (Lipinski definition) is 2. The molecule has 8 heteroatoms. The molecule has 3 fully saturated rings. The molecular formula is C31H34FN3O4. The average Bonchev–Trinajstić information content (AvgIpc) is 3.53. The maximum atomic E-state index is 14.1. The normalized spacial score (nSPS) is 29.5. The van der Waals surface area contributed by atoms with Gasteiger partial charge in [-0.25, -0.2) is 4.39 Å². The zero-order chi connectivity index (χ0) is 27.3. The average molecular weight is 532 g/mol. The van der Waals surface area contributed by atoms with Gasteiger partial charge in [-0.3, -0.25) is 14.4 Å². The molecule has 204 valence electrons. The van der Waals surface area contributed by atoms with E-state index in [0.717, 1.165) is 43.2 Å². The molecular weight excluding hydrogens is 497 g/mol. The second-order valence-electron chi connectivity index (χ2n) is 11.5. The predicted molar refractivity (Wildman–Crippen MR) is 144 cm³/mol. The number of amides is 3. The minimum atomic E-state index is -1.23. The Hall–Kier alpha value is -3.52. The van der Waals surface area contributed by atoms with Gasteiger partial charge in [0.05, 0.1) is 17.9 Å². The highest BCUT2D eigenvalue weighted by molar-refractivity contribution is 6.02. The van der Waals surface area contributed by atoms with Gasteiger partial charge in [-0.15, -0.1) is 0 Å². The van der Waals surface area contributed by atoms with Crippen LogP contribution < -0.4 is 10.6 Å². The SMILES string of the molecule is Cc1cc(C)cc(NC(=O)[C@H]2[C@@H]3C=C[C@]4(O3)[C@@H]2C(=O)N(Cc2ccc(F)cc2)[C@H]4C(=O)NC2CCCCC2)c1. The highest BCUT2D eigenvalue weighted by Crippen LogP contribution is 2.55. The fraction of sp³-hybridized carbons (Fsp3) is 0.452. The van der Waals surface area contributed by atoms with Crippen LogP contribution in [0.2, 0.25) is 0 Å². The van der Waals surface area contributed by atoms with Gasteiger partial charge in [0.15, 0.2) is 0 Å². The second kappa shape index (κ2) is 9.90. The summed E-state index contributed by atoms with van der Waals surface area (Å²) in [7, 11) is 0. The molecule has 2 aromatic carbocycles. The van der Waals surface area contributed by atoms with Crippen LogP contribution in [0.5, 0.6) is 0 Å². The van der Waals surface area contributed by atoms with E-state index in [1.807, 2.05) is 44.2 Å². The first-order chi connectivity index (χ1) is 18.7. The summed E-state index contributed by atoms with van der Waals surface area (Å²) in [6, 6.07) is 10.8. The van der Waals surface area contributed by atoms with Crippen LogP contribution in [0, 0.1) is 31.5 Å². The summed E-state index contributed by atoms with van der Waals surface area (Å²) in [5.74, 6) is -2.84. The van der Waals surface area contributed by atoms with Gasteiger partial charge in [0.1, 0.15) is 17.5 Å². The molecule has 2 saturated heterocycles. The summed E-state index contributed by atoms with van der Waals surface area (Å²) >= 11 is 0. The topological polar surface area (TPSA) is 87.7 Å². The van der Waals surface area contributed by atoms with E-state index in [0.29, 0.717) is 11.3 Å². The Morgan fingerprint density at radius 1 is 1.03 bits per heavy atom. The van der Waals surface area contributed by atoms with E-state index in [4.69, 9.17) is 4.74 Å². The summed E-state index contributed by atoms with van der Waals surface area (Å²) in [4.78, 5) is 43.2. The van der Waals surface area contributed by atoms with Crippen molar-refractivity contribution in [3.8, 4) is 0 Å². The largest absolute Gasteiger partial charge is 0.359 e. The molecule has 3 amide bonds. The first kappa shape index (κ1) is 25.7. The molecule has 39 heavy (non-hydrogen) atoms. The van der Waals surface area contributed by atoms with Crippen molar-refractivity contribution in [3.63, 3.8) is 0 Å². The second-order valence-corrected chi connectivity index (χ2v) is 11.5. The highest BCUT2D eigenvalue weighted by Gasteiger charge is 2.72. The number of ether oxygens (including phenoxy) is 1. The van der Waals surface area contributed by atoms with E-state index in [1.54, 1.807) is 12.1 Å². The summed E-state index contributed by atoms with van der Waals surface area (Å²) in [5, 5.41) is 6.18. The standard InChI is InChI=1S/C31H34FN3O4/c1-18-14-19(2)16-23(15-18)34-28(36)25-24-12-13-31(39-24)26(25)30(38)35(17-20-8-10-21(32)11-9-20)27(31)29(37)33-22-6-4-3-5-7-22/h8-16,22,24-27H,3-7,17H2,1-2H3,(H,33,37)(H,34,36)/t24-,25-,26-,27-,31-/m0/s1. The van der Waals surface area contributed by atoms with Crippen molar-refractivity contribution in [1.29, 1.82) is 0 Å². The Balaban J connectivity index is 1.32. The van der Waals surface area contributed by atoms with Gasteiger partial charge in [0.25, 0.3) is 0 Å². The minimum Gasteiger partial charge on any atom is -0.359 e. The lowest BCUT2D eigenvalue weighted by Crippen LogP contribution is -2.56. The fourth-order valence-electron chi connectivity index (χ4n) is 7.02. The van der Waals surface area contributed by atoms with Crippen molar-refractivity contribution < 1.29 is 23.5 Å². The summed E-state index contributed by atoms with van der Waals surface area (Å²) < 4.78 is 20.0. The summed E-state index contributed by atoms with van der Waals surface area (Å²) in [6.07, 6.45) is 8.11. The van der Waals surface area contributed by atoms with Crippen LogP contribution in [0.4, 0.5) is 10.1 Å². The van der Waals surface area contributed by atoms with E-state index >= 15 is 0 Å². The first-order valence-electron chi connectivity index (χ1n) is 13.9. The molecule has 6 rings (SSSR count). The molecule has 0 radical (unpaired) electrons. The van der Waals surface area contributed by atoms with Crippen molar-refractivity contribution in [2.75, 3.05) is 5.32 Å². The summed E-state index contributed by atoms with van der Waals surface area (Å²) in [6.45, 7) is 4.04. The zero-order valence-electron chi connectivity index (χ0n) is 22.3. The number of anilines is 1. The molecule has 0 aromatic heterocycles. The van der Waals surface area contributed by atoms with Crippen LogP contribution in [-0.4, -0.2) is 46.4 Å². The van der Waals surface area contributed by atoms with Crippen LogP contribution >= 0.6 is 0 Å². The van der Waals surface area contributed by atoms with Crippen LogP contribution in [-0.2, 0) is 25.7 Å². The molecule has 4 aliphatic rings. The first-order valence-corrected chi connectivity index (χ1v) is 13.9. The van der Waals surface area contributed by atoms with Gasteiger partial charge in [-0.05, 0) is 67.6 Å². The molecule has 1 aliphatic carbocycles. The van der Waals surface area contributed by atoms with Gasteiger partial charge in [-0.2, -0.15) is 0 Å². The predicted octanol–water partition coefficient (Wildman–Crippen LogP) is 4.18. The third-order valence-corrected chi connectivity index (χ3v) is 8.63. The Bertz CT molecular complexity index is 1320. The maximum absolute atomic E-state index is 14.1. The Morgan fingerprint density at radius 2 is 1.72 bits per heavy atom. The lowest BCUT2D eigenvalue weighted by atomic mass is 9.74. The van der Waals surface area contributed by atoms with E-state index in [-0.39, 0.29) is 36.1 Å². The van der Waals surface area contributed by atoms with Crippen LogP contribution in [0.15, 0.2) is 54.6 Å². The number of carbonyl (C=O) groups is 3. The van der Waals surface area contributed by atoms with Gasteiger partial charge >= 0.3 is 0 Å². The molecule has 5 atom stereocenters. The van der Waals surface area contributed by atoms with E-state index < -0.39 is 29.6 Å².